The van der Waals surface area contributed by atoms with Crippen LogP contribution >= 0.6 is 0 Å². The van der Waals surface area contributed by atoms with E-state index in [0.717, 1.165) is 0 Å². The molecular weight excluding hydrogens is 182 g/mol. The molecule has 0 aliphatic heterocycles. The van der Waals surface area contributed by atoms with Crippen molar-refractivity contribution >= 4 is 11.9 Å². The fourth-order valence-electron chi connectivity index (χ4n) is 0.784. The van der Waals surface area contributed by atoms with Gasteiger partial charge in [-0.15, -0.1) is 0 Å². The maximum atomic E-state index is 11.1. The third-order valence-corrected chi connectivity index (χ3v) is 1.57. The molecule has 0 unspecified atom stereocenters. The summed E-state index contributed by atoms with van der Waals surface area (Å²) in [4.78, 5) is 21.8. The minimum Gasteiger partial charge on any atom is -0.356 e. The van der Waals surface area contributed by atoms with Crippen LogP contribution in [0, 0.1) is 5.92 Å². The molecule has 14 heavy (non-hydrogen) atoms. The fraction of sp³-hybridized carbons (Fsp3) is 0.778. The molecule has 0 radical (unpaired) electrons. The van der Waals surface area contributed by atoms with E-state index in [0.29, 0.717) is 25.4 Å². The number of nitrogens with one attached hydrogen (secondary N) is 3. The summed E-state index contributed by atoms with van der Waals surface area (Å²) in [5.74, 6) is 0.418. The normalized spacial score (nSPS) is 9.71. The number of hydrogen-bond donors (Lipinski definition) is 3. The topological polar surface area (TPSA) is 70.2 Å². The molecule has 5 nitrogen and oxygen atoms in total. The van der Waals surface area contributed by atoms with E-state index in [4.69, 9.17) is 0 Å². The summed E-state index contributed by atoms with van der Waals surface area (Å²) in [5.41, 5.74) is 0. The molecule has 0 spiro atoms. The van der Waals surface area contributed by atoms with E-state index in [9.17, 15) is 9.59 Å². The average Bonchev–Trinajstić information content (AvgIpc) is 2.14. The lowest BCUT2D eigenvalue weighted by Gasteiger charge is -2.07. The molecule has 0 saturated carbocycles. The van der Waals surface area contributed by atoms with Gasteiger partial charge < -0.3 is 16.0 Å². The van der Waals surface area contributed by atoms with Gasteiger partial charge in [0.1, 0.15) is 0 Å². The highest BCUT2D eigenvalue weighted by Gasteiger charge is 2.02. The highest BCUT2D eigenvalue weighted by Crippen LogP contribution is 1.87. The van der Waals surface area contributed by atoms with Gasteiger partial charge in [-0.25, -0.2) is 4.79 Å². The van der Waals surface area contributed by atoms with Crippen molar-refractivity contribution in [2.45, 2.75) is 20.3 Å². The minimum atomic E-state index is -0.262. The van der Waals surface area contributed by atoms with Crippen LogP contribution in [0.4, 0.5) is 4.79 Å². The first-order chi connectivity index (χ1) is 6.56. The van der Waals surface area contributed by atoms with Gasteiger partial charge in [-0.1, -0.05) is 13.8 Å². The molecule has 0 heterocycles. The predicted molar refractivity (Wildman–Crippen MR) is 54.9 cm³/mol. The summed E-state index contributed by atoms with van der Waals surface area (Å²) in [6.07, 6.45) is 0.320. The van der Waals surface area contributed by atoms with E-state index in [1.807, 2.05) is 13.8 Å². The summed E-state index contributed by atoms with van der Waals surface area (Å²) in [6, 6.07) is -0.262. The molecule has 0 aliphatic rings. The summed E-state index contributed by atoms with van der Waals surface area (Å²) < 4.78 is 0. The van der Waals surface area contributed by atoms with Crippen LogP contribution in [-0.4, -0.2) is 32.1 Å². The van der Waals surface area contributed by atoms with Gasteiger partial charge >= 0.3 is 6.03 Å². The van der Waals surface area contributed by atoms with Crippen molar-refractivity contribution in [3.63, 3.8) is 0 Å². The van der Waals surface area contributed by atoms with Gasteiger partial charge in [0.05, 0.1) is 0 Å². The maximum absolute atomic E-state index is 11.1. The number of carbonyl (C=O) groups excluding carboxylic acids is 2. The van der Waals surface area contributed by atoms with Gasteiger partial charge in [-0.05, 0) is 5.92 Å². The Bertz CT molecular complexity index is 192. The molecule has 0 rings (SSSR count). The third kappa shape index (κ3) is 7.39. The van der Waals surface area contributed by atoms with Gasteiger partial charge in [0, 0.05) is 26.6 Å². The molecular formula is C9H19N3O2. The molecule has 0 fully saturated rings. The Morgan fingerprint density at radius 2 is 1.86 bits per heavy atom. The van der Waals surface area contributed by atoms with E-state index in [1.165, 1.54) is 7.05 Å². The predicted octanol–water partition coefficient (Wildman–Crippen LogP) is 0.0777. The Morgan fingerprint density at radius 3 is 2.36 bits per heavy atom. The zero-order valence-corrected chi connectivity index (χ0v) is 9.02. The van der Waals surface area contributed by atoms with E-state index in [1.54, 1.807) is 0 Å². The van der Waals surface area contributed by atoms with Crippen molar-refractivity contribution in [2.75, 3.05) is 20.1 Å². The number of rotatable bonds is 5. The van der Waals surface area contributed by atoms with Crippen molar-refractivity contribution in [3.05, 3.63) is 0 Å². The summed E-state index contributed by atoms with van der Waals surface area (Å²) in [5, 5.41) is 7.71. The number of hydrogen-bond acceptors (Lipinski definition) is 2. The zero-order valence-electron chi connectivity index (χ0n) is 9.02. The van der Waals surface area contributed by atoms with Crippen LogP contribution in [0.1, 0.15) is 20.3 Å². The molecule has 3 amide bonds. The molecule has 82 valence electrons. The molecule has 0 atom stereocenters. The molecule has 5 heteroatoms. The van der Waals surface area contributed by atoms with Gasteiger partial charge in [0.25, 0.3) is 0 Å². The van der Waals surface area contributed by atoms with E-state index in [-0.39, 0.29) is 11.9 Å². The largest absolute Gasteiger partial charge is 0.356 e. The van der Waals surface area contributed by atoms with Crippen molar-refractivity contribution < 1.29 is 9.59 Å². The fourth-order valence-corrected chi connectivity index (χ4v) is 0.784. The van der Waals surface area contributed by atoms with Crippen molar-refractivity contribution in [2.24, 2.45) is 5.92 Å². The number of urea groups is 1. The van der Waals surface area contributed by atoms with Crippen LogP contribution in [-0.2, 0) is 4.79 Å². The molecule has 0 bridgehead atoms. The van der Waals surface area contributed by atoms with Crippen LogP contribution in [0.25, 0.3) is 0 Å². The second-order valence-electron chi connectivity index (χ2n) is 3.45. The molecule has 0 aromatic rings. The maximum Gasteiger partial charge on any atom is 0.314 e. The first kappa shape index (κ1) is 12.7. The monoisotopic (exact) mass is 201 g/mol. The lowest BCUT2D eigenvalue weighted by atomic mass is 10.2. The van der Waals surface area contributed by atoms with Gasteiger partial charge in [-0.2, -0.15) is 0 Å². The lowest BCUT2D eigenvalue weighted by molar-refractivity contribution is -0.121. The zero-order chi connectivity index (χ0) is 11.0. The summed E-state index contributed by atoms with van der Waals surface area (Å²) >= 11 is 0. The Kier molecular flexibility index (Phi) is 6.53. The second kappa shape index (κ2) is 7.17. The van der Waals surface area contributed by atoms with Crippen molar-refractivity contribution in [1.82, 2.24) is 16.0 Å². The van der Waals surface area contributed by atoms with Gasteiger partial charge in [0.2, 0.25) is 5.91 Å². The molecule has 0 aromatic heterocycles. The van der Waals surface area contributed by atoms with Crippen molar-refractivity contribution in [3.8, 4) is 0 Å². The number of amides is 3. The second-order valence-corrected chi connectivity index (χ2v) is 3.45. The smallest absolute Gasteiger partial charge is 0.314 e. The highest BCUT2D eigenvalue weighted by atomic mass is 16.2. The van der Waals surface area contributed by atoms with Gasteiger partial charge in [-0.3, -0.25) is 4.79 Å². The van der Waals surface area contributed by atoms with Crippen LogP contribution in [0.5, 0.6) is 0 Å². The molecule has 0 saturated heterocycles. The Morgan fingerprint density at radius 1 is 1.21 bits per heavy atom. The summed E-state index contributed by atoms with van der Waals surface area (Å²) in [6.45, 7) is 5.11. The van der Waals surface area contributed by atoms with Crippen LogP contribution in [0.2, 0.25) is 0 Å². The highest BCUT2D eigenvalue weighted by molar-refractivity contribution is 5.77. The molecule has 3 N–H and O–H groups in total. The SMILES string of the molecule is CNC(=O)NCCC(=O)NCC(C)C. The van der Waals surface area contributed by atoms with Crippen LogP contribution in [0.3, 0.4) is 0 Å². The van der Waals surface area contributed by atoms with Crippen LogP contribution < -0.4 is 16.0 Å². The summed E-state index contributed by atoms with van der Waals surface area (Å²) in [7, 11) is 1.54. The lowest BCUT2D eigenvalue weighted by Crippen LogP contribution is -2.36. The quantitative estimate of drug-likeness (QED) is 0.589. The van der Waals surface area contributed by atoms with E-state index < -0.39 is 0 Å². The van der Waals surface area contributed by atoms with Crippen LogP contribution in [0.15, 0.2) is 0 Å². The van der Waals surface area contributed by atoms with E-state index >= 15 is 0 Å². The molecule has 0 aliphatic carbocycles. The van der Waals surface area contributed by atoms with Crippen molar-refractivity contribution in [1.29, 1.82) is 0 Å². The van der Waals surface area contributed by atoms with Gasteiger partial charge in [0.15, 0.2) is 0 Å². The Balaban J connectivity index is 3.40. The standard InChI is InChI=1S/C9H19N3O2/c1-7(2)6-12-8(13)4-5-11-9(14)10-3/h7H,4-6H2,1-3H3,(H,12,13)(H2,10,11,14). The average molecular weight is 201 g/mol. The first-order valence-electron chi connectivity index (χ1n) is 4.78. The van der Waals surface area contributed by atoms with E-state index in [2.05, 4.69) is 16.0 Å². The Labute approximate surface area is 84.6 Å². The third-order valence-electron chi connectivity index (χ3n) is 1.57. The number of carbonyl (C=O) groups is 2. The minimum absolute atomic E-state index is 0.0323. The Hall–Kier alpha value is -1.26. The molecule has 0 aromatic carbocycles. The first-order valence-corrected chi connectivity index (χ1v) is 4.78.